The molecule has 2 aliphatic rings. The molecule has 0 bridgehead atoms. The smallest absolute Gasteiger partial charge is 0.333 e. The van der Waals surface area contributed by atoms with Gasteiger partial charge in [-0.15, -0.1) is 11.8 Å². The van der Waals surface area contributed by atoms with E-state index in [0.29, 0.717) is 6.42 Å². The molecule has 2 aliphatic heterocycles. The first-order valence-electron chi connectivity index (χ1n) is 8.82. The van der Waals surface area contributed by atoms with Crippen molar-refractivity contribution in [2.75, 3.05) is 6.79 Å². The van der Waals surface area contributed by atoms with Gasteiger partial charge in [-0.2, -0.15) is 0 Å². The molecule has 0 N–H and O–H groups in total. The summed E-state index contributed by atoms with van der Waals surface area (Å²) >= 11 is 1.39. The van der Waals surface area contributed by atoms with Crippen LogP contribution in [0.2, 0.25) is 0 Å². The van der Waals surface area contributed by atoms with Crippen molar-refractivity contribution in [3.05, 3.63) is 0 Å². The van der Waals surface area contributed by atoms with E-state index in [9.17, 15) is 19.2 Å². The average Bonchev–Trinajstić information content (AvgIpc) is 2.80. The second-order valence-electron chi connectivity index (χ2n) is 8.29. The molecule has 2 saturated heterocycles. The maximum atomic E-state index is 12.8. The Labute approximate surface area is 163 Å². The van der Waals surface area contributed by atoms with E-state index in [1.807, 2.05) is 13.8 Å². The Balaban J connectivity index is 2.10. The molecule has 152 valence electrons. The van der Waals surface area contributed by atoms with Crippen LogP contribution < -0.4 is 0 Å². The molecule has 0 unspecified atom stereocenters. The molecule has 0 spiro atoms. The first kappa shape index (κ1) is 21.5. The number of amides is 1. The minimum atomic E-state index is -1.25. The summed E-state index contributed by atoms with van der Waals surface area (Å²) in [5, 5.41) is -0.455. The first-order chi connectivity index (χ1) is 12.3. The Morgan fingerprint density at radius 1 is 1.19 bits per heavy atom. The van der Waals surface area contributed by atoms with Gasteiger partial charge < -0.3 is 19.1 Å². The number of esters is 3. The number of β-lactam (4-membered cyclic amide) rings is 1. The standard InChI is InChI=1S/C18H27NO7S/c1-8-18(26-10(2)20)13(22)19-11(17(6,7)27-14(18)19)12(21)24-9-25-15(23)16(3,4)5/h11,14H,8-9H2,1-7H3/t11-,14+,18+/m0/s1. The van der Waals surface area contributed by atoms with E-state index in [4.69, 9.17) is 14.2 Å². The Kier molecular flexibility index (Phi) is 5.58. The predicted molar refractivity (Wildman–Crippen MR) is 97.4 cm³/mol. The Hall–Kier alpha value is -1.77. The topological polar surface area (TPSA) is 99.2 Å². The van der Waals surface area contributed by atoms with Gasteiger partial charge in [0.25, 0.3) is 5.91 Å². The molecular formula is C18H27NO7S. The second kappa shape index (κ2) is 7.00. The number of nitrogens with zero attached hydrogens (tertiary/aromatic N) is 1. The Morgan fingerprint density at radius 3 is 2.26 bits per heavy atom. The summed E-state index contributed by atoms with van der Waals surface area (Å²) < 4.78 is 14.8. The van der Waals surface area contributed by atoms with Crippen LogP contribution in [0.1, 0.15) is 54.9 Å². The normalized spacial score (nSPS) is 28.9. The largest absolute Gasteiger partial charge is 0.446 e. The highest BCUT2D eigenvalue weighted by Gasteiger charge is 2.73. The lowest BCUT2D eigenvalue weighted by atomic mass is 9.85. The fourth-order valence-electron chi connectivity index (χ4n) is 3.26. The number of thioether (sulfide) groups is 1. The summed E-state index contributed by atoms with van der Waals surface area (Å²) in [5.74, 6) is -2.09. The molecule has 9 heteroatoms. The van der Waals surface area contributed by atoms with E-state index in [0.717, 1.165) is 0 Å². The van der Waals surface area contributed by atoms with Crippen molar-refractivity contribution < 1.29 is 33.4 Å². The Morgan fingerprint density at radius 2 is 1.78 bits per heavy atom. The van der Waals surface area contributed by atoms with Crippen LogP contribution in [0, 0.1) is 5.41 Å². The molecule has 1 amide bonds. The van der Waals surface area contributed by atoms with Crippen molar-refractivity contribution in [3.63, 3.8) is 0 Å². The van der Waals surface area contributed by atoms with Gasteiger partial charge in [-0.1, -0.05) is 6.92 Å². The molecule has 0 radical (unpaired) electrons. The zero-order chi connectivity index (χ0) is 20.8. The van der Waals surface area contributed by atoms with Gasteiger partial charge in [-0.25, -0.2) is 4.79 Å². The lowest BCUT2D eigenvalue weighted by Gasteiger charge is -2.51. The molecule has 8 nitrogen and oxygen atoms in total. The third-order valence-corrected chi connectivity index (χ3v) is 6.34. The van der Waals surface area contributed by atoms with E-state index in [1.165, 1.54) is 23.6 Å². The number of hydrogen-bond donors (Lipinski definition) is 0. The summed E-state index contributed by atoms with van der Waals surface area (Å²) in [4.78, 5) is 50.1. The summed E-state index contributed by atoms with van der Waals surface area (Å²) in [7, 11) is 0. The van der Waals surface area contributed by atoms with Gasteiger partial charge in [0.1, 0.15) is 11.4 Å². The molecule has 2 heterocycles. The van der Waals surface area contributed by atoms with Gasteiger partial charge in [0, 0.05) is 11.7 Å². The lowest BCUT2D eigenvalue weighted by Crippen LogP contribution is -2.74. The highest BCUT2D eigenvalue weighted by atomic mass is 32.2. The van der Waals surface area contributed by atoms with E-state index in [2.05, 4.69) is 0 Å². The lowest BCUT2D eigenvalue weighted by molar-refractivity contribution is -0.205. The van der Waals surface area contributed by atoms with Crippen LogP contribution >= 0.6 is 11.8 Å². The molecular weight excluding hydrogens is 374 g/mol. The van der Waals surface area contributed by atoms with Gasteiger partial charge in [0.05, 0.1) is 5.41 Å². The fraction of sp³-hybridized carbons (Fsp3) is 0.778. The monoisotopic (exact) mass is 401 g/mol. The highest BCUT2D eigenvalue weighted by Crippen LogP contribution is 2.57. The molecule has 2 rings (SSSR count). The van der Waals surface area contributed by atoms with Gasteiger partial charge in [-0.05, 0) is 41.0 Å². The van der Waals surface area contributed by atoms with Crippen LogP contribution in [-0.4, -0.2) is 57.3 Å². The van der Waals surface area contributed by atoms with Crippen molar-refractivity contribution in [3.8, 4) is 0 Å². The third-order valence-electron chi connectivity index (χ3n) is 4.68. The van der Waals surface area contributed by atoms with Crippen molar-refractivity contribution in [1.82, 2.24) is 4.90 Å². The minimum absolute atomic E-state index is 0.320. The fourth-order valence-corrected chi connectivity index (χ4v) is 5.01. The third kappa shape index (κ3) is 3.66. The summed E-state index contributed by atoms with van der Waals surface area (Å²) in [5.41, 5.74) is -1.96. The predicted octanol–water partition coefficient (Wildman–Crippen LogP) is 1.85. The zero-order valence-corrected chi connectivity index (χ0v) is 17.6. The molecule has 3 atom stereocenters. The number of rotatable bonds is 5. The molecule has 0 aromatic rings. The molecule has 0 aromatic heterocycles. The number of ether oxygens (including phenoxy) is 3. The van der Waals surface area contributed by atoms with Gasteiger partial charge >= 0.3 is 17.9 Å². The van der Waals surface area contributed by atoms with Gasteiger partial charge in [0.15, 0.2) is 0 Å². The molecule has 0 aliphatic carbocycles. The molecule has 27 heavy (non-hydrogen) atoms. The molecule has 0 saturated carbocycles. The van der Waals surface area contributed by atoms with E-state index in [1.54, 1.807) is 27.7 Å². The highest BCUT2D eigenvalue weighted by molar-refractivity contribution is 8.01. The van der Waals surface area contributed by atoms with Crippen LogP contribution in [0.4, 0.5) is 0 Å². The van der Waals surface area contributed by atoms with Crippen LogP contribution in [-0.2, 0) is 33.4 Å². The number of carbonyl (C=O) groups excluding carboxylic acids is 4. The van der Waals surface area contributed by atoms with Crippen LogP contribution in [0.3, 0.4) is 0 Å². The van der Waals surface area contributed by atoms with E-state index >= 15 is 0 Å². The van der Waals surface area contributed by atoms with Crippen LogP contribution in [0.25, 0.3) is 0 Å². The number of carbonyl (C=O) groups is 4. The molecule has 0 aromatic carbocycles. The number of hydrogen-bond acceptors (Lipinski definition) is 8. The first-order valence-corrected chi connectivity index (χ1v) is 9.70. The van der Waals surface area contributed by atoms with Crippen LogP contribution in [0.15, 0.2) is 0 Å². The summed E-state index contributed by atoms with van der Waals surface area (Å²) in [6, 6.07) is -0.858. The minimum Gasteiger partial charge on any atom is -0.446 e. The van der Waals surface area contributed by atoms with Gasteiger partial charge in [0.2, 0.25) is 12.4 Å². The molecule has 2 fully saturated rings. The second-order valence-corrected chi connectivity index (χ2v) is 10.0. The average molecular weight is 401 g/mol. The van der Waals surface area contributed by atoms with Gasteiger partial charge in [-0.3, -0.25) is 14.4 Å². The zero-order valence-electron chi connectivity index (χ0n) is 16.8. The maximum Gasteiger partial charge on any atom is 0.333 e. The van der Waals surface area contributed by atoms with Crippen molar-refractivity contribution >= 4 is 35.6 Å². The van der Waals surface area contributed by atoms with Crippen molar-refractivity contribution in [2.24, 2.45) is 5.41 Å². The number of fused-ring (bicyclic) bond motifs is 1. The SMILES string of the molecule is CC[C@@]1(OC(C)=O)C(=O)N2[C@@H](C(=O)OCOC(=O)C(C)(C)C)C(C)(C)S[C@@H]21. The quantitative estimate of drug-likeness (QED) is 0.391. The van der Waals surface area contributed by atoms with Crippen LogP contribution in [0.5, 0.6) is 0 Å². The van der Waals surface area contributed by atoms with E-state index in [-0.39, 0.29) is 0 Å². The maximum absolute atomic E-state index is 12.8. The summed E-state index contributed by atoms with van der Waals surface area (Å²) in [6.07, 6.45) is 0.320. The van der Waals surface area contributed by atoms with Crippen molar-refractivity contribution in [2.45, 2.75) is 76.7 Å². The Bertz CT molecular complexity index is 669. The van der Waals surface area contributed by atoms with Crippen molar-refractivity contribution in [1.29, 1.82) is 0 Å². The van der Waals surface area contributed by atoms with E-state index < -0.39 is 57.8 Å². The summed E-state index contributed by atoms with van der Waals surface area (Å²) in [6.45, 7) is 11.2.